The first kappa shape index (κ1) is 7.74. The predicted molar refractivity (Wildman–Crippen MR) is 53.4 cm³/mol. The number of H-pyrrole nitrogens is 1. The lowest BCUT2D eigenvalue weighted by Gasteiger charge is -2.09. The highest BCUT2D eigenvalue weighted by Crippen LogP contribution is 2.28. The lowest BCUT2D eigenvalue weighted by atomic mass is 9.95. The average molecular weight is 186 g/mol. The highest BCUT2D eigenvalue weighted by atomic mass is 16.1. The number of fused-ring (bicyclic) bond motifs is 3. The van der Waals surface area contributed by atoms with E-state index in [9.17, 15) is 4.79 Å². The molecule has 0 spiro atoms. The molecule has 2 aromatic heterocycles. The number of rotatable bonds is 0. The summed E-state index contributed by atoms with van der Waals surface area (Å²) in [5.41, 5.74) is 2.96. The Morgan fingerprint density at radius 3 is 3.21 bits per heavy atom. The Kier molecular flexibility index (Phi) is 1.48. The van der Waals surface area contributed by atoms with Gasteiger partial charge in [0.25, 0.3) is 0 Å². The molecule has 0 amide bonds. The van der Waals surface area contributed by atoms with Gasteiger partial charge >= 0.3 is 0 Å². The van der Waals surface area contributed by atoms with Gasteiger partial charge in [-0.1, -0.05) is 0 Å². The number of Topliss-reactive ketones (excluding diaryl/α,β-unsaturated/α-hetero) is 1. The lowest BCUT2D eigenvalue weighted by molar-refractivity contribution is 0.0974. The van der Waals surface area contributed by atoms with Crippen molar-refractivity contribution in [3.63, 3.8) is 0 Å². The lowest BCUT2D eigenvalue weighted by Crippen LogP contribution is -2.08. The number of hydrogen-bond donors (Lipinski definition) is 1. The van der Waals surface area contributed by atoms with Crippen LogP contribution in [-0.2, 0) is 6.42 Å². The third-order valence-corrected chi connectivity index (χ3v) is 2.79. The molecule has 70 valence electrons. The normalized spacial score (nSPS) is 15.9. The van der Waals surface area contributed by atoms with Gasteiger partial charge in [0.1, 0.15) is 0 Å². The van der Waals surface area contributed by atoms with Crippen LogP contribution in [0.4, 0.5) is 0 Å². The summed E-state index contributed by atoms with van der Waals surface area (Å²) in [5.74, 6) is 0.267. The summed E-state index contributed by atoms with van der Waals surface area (Å²) in [4.78, 5) is 19.0. The molecule has 0 fully saturated rings. The van der Waals surface area contributed by atoms with E-state index in [0.717, 1.165) is 35.0 Å². The van der Waals surface area contributed by atoms with E-state index in [0.29, 0.717) is 6.42 Å². The SMILES string of the molecule is O=C1CCCc2[nH]c3cnccc3c21. The number of ketones is 1. The Morgan fingerprint density at radius 2 is 2.29 bits per heavy atom. The van der Waals surface area contributed by atoms with Crippen LogP contribution in [0.15, 0.2) is 18.5 Å². The van der Waals surface area contributed by atoms with Gasteiger partial charge in [-0.2, -0.15) is 0 Å². The van der Waals surface area contributed by atoms with Gasteiger partial charge in [-0.05, 0) is 18.9 Å². The van der Waals surface area contributed by atoms with Crippen molar-refractivity contribution in [3.05, 3.63) is 29.7 Å². The third kappa shape index (κ3) is 0.923. The number of carbonyl (C=O) groups excluding carboxylic acids is 1. The second kappa shape index (κ2) is 2.67. The van der Waals surface area contributed by atoms with Gasteiger partial charge in [-0.15, -0.1) is 0 Å². The number of aryl methyl sites for hydroxylation is 1. The predicted octanol–water partition coefficient (Wildman–Crippen LogP) is 2.08. The van der Waals surface area contributed by atoms with Crippen molar-refractivity contribution in [3.8, 4) is 0 Å². The number of nitrogens with zero attached hydrogens (tertiary/aromatic N) is 1. The molecule has 3 rings (SSSR count). The molecule has 2 heterocycles. The third-order valence-electron chi connectivity index (χ3n) is 2.79. The zero-order chi connectivity index (χ0) is 9.54. The Balaban J connectivity index is 2.39. The summed E-state index contributed by atoms with van der Waals surface area (Å²) in [6, 6.07) is 1.91. The molecule has 0 atom stereocenters. The number of carbonyl (C=O) groups is 1. The molecule has 1 aliphatic carbocycles. The highest BCUT2D eigenvalue weighted by molar-refractivity contribution is 6.09. The van der Waals surface area contributed by atoms with Gasteiger partial charge in [0.05, 0.1) is 11.7 Å². The maximum absolute atomic E-state index is 11.7. The van der Waals surface area contributed by atoms with Gasteiger partial charge in [0, 0.05) is 29.3 Å². The zero-order valence-electron chi connectivity index (χ0n) is 7.71. The quantitative estimate of drug-likeness (QED) is 0.684. The van der Waals surface area contributed by atoms with Crippen molar-refractivity contribution >= 4 is 16.7 Å². The first-order valence-electron chi connectivity index (χ1n) is 4.84. The fourth-order valence-corrected chi connectivity index (χ4v) is 2.16. The molecule has 2 aromatic rings. The summed E-state index contributed by atoms with van der Waals surface area (Å²) in [6.07, 6.45) is 6.14. The van der Waals surface area contributed by atoms with E-state index >= 15 is 0 Å². The molecule has 1 N–H and O–H groups in total. The van der Waals surface area contributed by atoms with Crippen LogP contribution in [0.2, 0.25) is 0 Å². The van der Waals surface area contributed by atoms with Gasteiger partial charge < -0.3 is 4.98 Å². The molecule has 1 aliphatic rings. The van der Waals surface area contributed by atoms with Crippen LogP contribution in [0.5, 0.6) is 0 Å². The zero-order valence-corrected chi connectivity index (χ0v) is 7.71. The fraction of sp³-hybridized carbons (Fsp3) is 0.273. The van der Waals surface area contributed by atoms with Crippen LogP contribution in [0.3, 0.4) is 0 Å². The van der Waals surface area contributed by atoms with Crippen LogP contribution in [-0.4, -0.2) is 15.8 Å². The summed E-state index contributed by atoms with van der Waals surface area (Å²) in [7, 11) is 0. The van der Waals surface area contributed by atoms with Crippen LogP contribution in [0.25, 0.3) is 10.9 Å². The standard InChI is InChI=1S/C11H10N2O/c14-10-3-1-2-8-11(10)7-4-5-12-6-9(7)13-8/h4-6,13H,1-3H2. The number of aromatic amines is 1. The van der Waals surface area contributed by atoms with Gasteiger partial charge in [-0.3, -0.25) is 9.78 Å². The van der Waals surface area contributed by atoms with E-state index in [-0.39, 0.29) is 5.78 Å². The maximum Gasteiger partial charge on any atom is 0.165 e. The smallest absolute Gasteiger partial charge is 0.165 e. The van der Waals surface area contributed by atoms with Crippen LogP contribution in [0.1, 0.15) is 28.9 Å². The van der Waals surface area contributed by atoms with Crippen LogP contribution in [0, 0.1) is 0 Å². The minimum absolute atomic E-state index is 0.267. The molecule has 0 bridgehead atoms. The second-order valence-electron chi connectivity index (χ2n) is 3.68. The van der Waals surface area contributed by atoms with E-state index in [1.165, 1.54) is 0 Å². The van der Waals surface area contributed by atoms with Crippen molar-refractivity contribution in [1.29, 1.82) is 0 Å². The Hall–Kier alpha value is -1.64. The summed E-state index contributed by atoms with van der Waals surface area (Å²) >= 11 is 0. The van der Waals surface area contributed by atoms with E-state index in [1.54, 1.807) is 12.4 Å². The van der Waals surface area contributed by atoms with E-state index in [4.69, 9.17) is 0 Å². The van der Waals surface area contributed by atoms with Gasteiger partial charge in [-0.25, -0.2) is 0 Å². The molecule has 0 unspecified atom stereocenters. The number of nitrogens with one attached hydrogen (secondary N) is 1. The average Bonchev–Trinajstić information content (AvgIpc) is 2.57. The molecule has 0 aliphatic heterocycles. The minimum Gasteiger partial charge on any atom is -0.357 e. The summed E-state index contributed by atoms with van der Waals surface area (Å²) < 4.78 is 0. The molecule has 3 heteroatoms. The molecule has 0 saturated carbocycles. The van der Waals surface area contributed by atoms with Crippen molar-refractivity contribution in [2.24, 2.45) is 0 Å². The number of pyridine rings is 1. The second-order valence-corrected chi connectivity index (χ2v) is 3.68. The fourth-order valence-electron chi connectivity index (χ4n) is 2.16. The topological polar surface area (TPSA) is 45.8 Å². The van der Waals surface area contributed by atoms with Gasteiger partial charge in [0.15, 0.2) is 5.78 Å². The van der Waals surface area contributed by atoms with Crippen molar-refractivity contribution in [2.45, 2.75) is 19.3 Å². The Morgan fingerprint density at radius 1 is 1.36 bits per heavy atom. The van der Waals surface area contributed by atoms with E-state index in [1.807, 2.05) is 6.07 Å². The first-order chi connectivity index (χ1) is 6.86. The largest absolute Gasteiger partial charge is 0.357 e. The molecular formula is C11H10N2O. The van der Waals surface area contributed by atoms with Gasteiger partial charge in [0.2, 0.25) is 0 Å². The first-order valence-corrected chi connectivity index (χ1v) is 4.84. The van der Waals surface area contributed by atoms with E-state index < -0.39 is 0 Å². The van der Waals surface area contributed by atoms with E-state index in [2.05, 4.69) is 9.97 Å². The number of hydrogen-bond acceptors (Lipinski definition) is 2. The minimum atomic E-state index is 0.267. The molecule has 3 nitrogen and oxygen atoms in total. The molecule has 0 radical (unpaired) electrons. The molecular weight excluding hydrogens is 176 g/mol. The monoisotopic (exact) mass is 186 g/mol. The van der Waals surface area contributed by atoms with Crippen LogP contribution >= 0.6 is 0 Å². The summed E-state index contributed by atoms with van der Waals surface area (Å²) in [6.45, 7) is 0. The molecule has 0 saturated heterocycles. The Labute approximate surface area is 81.2 Å². The molecule has 14 heavy (non-hydrogen) atoms. The summed E-state index contributed by atoms with van der Waals surface area (Å²) in [5, 5.41) is 1.03. The maximum atomic E-state index is 11.7. The van der Waals surface area contributed by atoms with Crippen LogP contribution < -0.4 is 0 Å². The highest BCUT2D eigenvalue weighted by Gasteiger charge is 2.21. The van der Waals surface area contributed by atoms with Crippen molar-refractivity contribution in [2.75, 3.05) is 0 Å². The van der Waals surface area contributed by atoms with Crippen molar-refractivity contribution in [1.82, 2.24) is 9.97 Å². The van der Waals surface area contributed by atoms with Crippen molar-refractivity contribution < 1.29 is 4.79 Å². The Bertz CT molecular complexity index is 513. The number of aromatic nitrogens is 2. The molecule has 0 aromatic carbocycles.